The van der Waals surface area contributed by atoms with Crippen molar-refractivity contribution >= 4 is 11.8 Å². The lowest BCUT2D eigenvalue weighted by Gasteiger charge is -2.24. The molecule has 0 spiro atoms. The molecule has 1 saturated heterocycles. The summed E-state index contributed by atoms with van der Waals surface area (Å²) in [5.74, 6) is -0.547. The number of rotatable bonds is 6. The summed E-state index contributed by atoms with van der Waals surface area (Å²) in [6.07, 6.45) is 2.63. The van der Waals surface area contributed by atoms with E-state index < -0.39 is 0 Å². The van der Waals surface area contributed by atoms with E-state index in [0.717, 1.165) is 16.7 Å². The summed E-state index contributed by atoms with van der Waals surface area (Å²) in [6, 6.07) is 14.2. The van der Waals surface area contributed by atoms with Crippen LogP contribution in [0.4, 0.5) is 4.39 Å². The van der Waals surface area contributed by atoms with Gasteiger partial charge in [-0.05, 0) is 35.2 Å². The SMILES string of the molecule is C=CCN1CCN(C(=O)CC)CC(Cc2ccccc2-c2cccc(F)c2)C1=O. The van der Waals surface area contributed by atoms with Crippen LogP contribution in [0.3, 0.4) is 0 Å². The van der Waals surface area contributed by atoms with Crippen LogP contribution in [0.5, 0.6) is 0 Å². The standard InChI is InChI=1S/C24H27FN2O2/c1-3-12-26-13-14-27(23(28)4-2)17-20(24(26)29)15-18-8-5-6-11-22(18)19-9-7-10-21(25)16-19/h3,5-11,16,20H,1,4,12-15,17H2,2H3. The number of benzene rings is 2. The van der Waals surface area contributed by atoms with Crippen molar-refractivity contribution in [1.82, 2.24) is 9.80 Å². The van der Waals surface area contributed by atoms with E-state index in [4.69, 9.17) is 0 Å². The third kappa shape index (κ3) is 4.91. The van der Waals surface area contributed by atoms with E-state index >= 15 is 0 Å². The van der Waals surface area contributed by atoms with Crippen LogP contribution in [-0.2, 0) is 16.0 Å². The number of hydrogen-bond acceptors (Lipinski definition) is 2. The molecule has 2 aromatic carbocycles. The minimum atomic E-state index is -0.345. The maximum absolute atomic E-state index is 13.8. The molecule has 0 bridgehead atoms. The summed E-state index contributed by atoms with van der Waals surface area (Å²) in [5, 5.41) is 0. The zero-order chi connectivity index (χ0) is 20.8. The molecule has 1 aliphatic rings. The first-order valence-electron chi connectivity index (χ1n) is 10.0. The van der Waals surface area contributed by atoms with Gasteiger partial charge in [0.2, 0.25) is 11.8 Å². The highest BCUT2D eigenvalue weighted by Crippen LogP contribution is 2.28. The molecule has 1 fully saturated rings. The van der Waals surface area contributed by atoms with Crippen LogP contribution in [0.2, 0.25) is 0 Å². The maximum atomic E-state index is 13.8. The molecule has 0 N–H and O–H groups in total. The van der Waals surface area contributed by atoms with E-state index in [2.05, 4.69) is 6.58 Å². The van der Waals surface area contributed by atoms with Crippen molar-refractivity contribution in [2.45, 2.75) is 19.8 Å². The molecule has 152 valence electrons. The number of carbonyl (C=O) groups is 2. The molecule has 1 heterocycles. The van der Waals surface area contributed by atoms with E-state index in [1.165, 1.54) is 12.1 Å². The molecular formula is C24H27FN2O2. The zero-order valence-corrected chi connectivity index (χ0v) is 16.8. The van der Waals surface area contributed by atoms with Crippen molar-refractivity contribution in [3.8, 4) is 11.1 Å². The van der Waals surface area contributed by atoms with E-state index in [1.54, 1.807) is 21.9 Å². The van der Waals surface area contributed by atoms with E-state index in [1.807, 2.05) is 37.3 Å². The Kier molecular flexibility index (Phi) is 6.81. The van der Waals surface area contributed by atoms with Gasteiger partial charge in [0.15, 0.2) is 0 Å². The van der Waals surface area contributed by atoms with Crippen molar-refractivity contribution in [3.05, 3.63) is 72.6 Å². The lowest BCUT2D eigenvalue weighted by Crippen LogP contribution is -2.38. The number of nitrogens with zero attached hydrogens (tertiary/aromatic N) is 2. The molecule has 0 saturated carbocycles. The fraction of sp³-hybridized carbons (Fsp3) is 0.333. The second kappa shape index (κ2) is 9.50. The fourth-order valence-corrected chi connectivity index (χ4v) is 3.89. The molecule has 2 aromatic rings. The number of hydrogen-bond donors (Lipinski definition) is 0. The topological polar surface area (TPSA) is 40.6 Å². The van der Waals surface area contributed by atoms with Crippen LogP contribution in [0.15, 0.2) is 61.2 Å². The third-order valence-corrected chi connectivity index (χ3v) is 5.37. The molecule has 4 nitrogen and oxygen atoms in total. The number of carbonyl (C=O) groups excluding carboxylic acids is 2. The van der Waals surface area contributed by atoms with Crippen LogP contribution in [-0.4, -0.2) is 47.8 Å². The predicted molar refractivity (Wildman–Crippen MR) is 113 cm³/mol. The van der Waals surface area contributed by atoms with Gasteiger partial charge in [-0.25, -0.2) is 4.39 Å². The van der Waals surface area contributed by atoms with Gasteiger partial charge in [0.1, 0.15) is 5.82 Å². The normalized spacial score (nSPS) is 17.2. The van der Waals surface area contributed by atoms with Crippen molar-refractivity contribution in [1.29, 1.82) is 0 Å². The Morgan fingerprint density at radius 2 is 2.00 bits per heavy atom. The van der Waals surface area contributed by atoms with Gasteiger partial charge < -0.3 is 9.80 Å². The largest absolute Gasteiger partial charge is 0.340 e. The molecule has 0 radical (unpaired) electrons. The molecule has 5 heteroatoms. The Bertz CT molecular complexity index is 896. The third-order valence-electron chi connectivity index (χ3n) is 5.37. The van der Waals surface area contributed by atoms with Gasteiger partial charge in [0, 0.05) is 32.6 Å². The Morgan fingerprint density at radius 1 is 1.21 bits per heavy atom. The summed E-state index contributed by atoms with van der Waals surface area (Å²) >= 11 is 0. The summed E-state index contributed by atoms with van der Waals surface area (Å²) in [7, 11) is 0. The van der Waals surface area contributed by atoms with Crippen LogP contribution in [0.25, 0.3) is 11.1 Å². The van der Waals surface area contributed by atoms with Crippen LogP contribution in [0.1, 0.15) is 18.9 Å². The zero-order valence-electron chi connectivity index (χ0n) is 16.8. The molecule has 1 unspecified atom stereocenters. The van der Waals surface area contributed by atoms with E-state index in [0.29, 0.717) is 39.0 Å². The predicted octanol–water partition coefficient (Wildman–Crippen LogP) is 3.92. The Balaban J connectivity index is 1.93. The number of halogens is 1. The van der Waals surface area contributed by atoms with Gasteiger partial charge in [-0.1, -0.05) is 49.4 Å². The van der Waals surface area contributed by atoms with Crippen molar-refractivity contribution in [2.75, 3.05) is 26.2 Å². The average molecular weight is 394 g/mol. The quantitative estimate of drug-likeness (QED) is 0.697. The van der Waals surface area contributed by atoms with E-state index in [9.17, 15) is 14.0 Å². The first-order chi connectivity index (χ1) is 14.0. The van der Waals surface area contributed by atoms with Gasteiger partial charge in [-0.3, -0.25) is 9.59 Å². The average Bonchev–Trinajstić information content (AvgIpc) is 2.88. The second-order valence-corrected chi connectivity index (χ2v) is 7.33. The maximum Gasteiger partial charge on any atom is 0.228 e. The lowest BCUT2D eigenvalue weighted by molar-refractivity contribution is -0.134. The van der Waals surface area contributed by atoms with Gasteiger partial charge in [0.25, 0.3) is 0 Å². The summed E-state index contributed by atoms with van der Waals surface area (Å²) in [4.78, 5) is 29.1. The smallest absolute Gasteiger partial charge is 0.228 e. The molecule has 3 rings (SSSR count). The van der Waals surface area contributed by atoms with Crippen LogP contribution < -0.4 is 0 Å². The molecule has 2 amide bonds. The Morgan fingerprint density at radius 3 is 2.72 bits per heavy atom. The minimum absolute atomic E-state index is 0.0327. The van der Waals surface area contributed by atoms with Crippen molar-refractivity contribution in [2.24, 2.45) is 5.92 Å². The van der Waals surface area contributed by atoms with Gasteiger partial charge in [0.05, 0.1) is 5.92 Å². The second-order valence-electron chi connectivity index (χ2n) is 7.33. The molecule has 1 aliphatic heterocycles. The first-order valence-corrected chi connectivity index (χ1v) is 10.0. The fourth-order valence-electron chi connectivity index (χ4n) is 3.89. The molecule has 29 heavy (non-hydrogen) atoms. The van der Waals surface area contributed by atoms with Crippen molar-refractivity contribution in [3.63, 3.8) is 0 Å². The van der Waals surface area contributed by atoms with Gasteiger partial charge >= 0.3 is 0 Å². The highest BCUT2D eigenvalue weighted by atomic mass is 19.1. The van der Waals surface area contributed by atoms with Gasteiger partial charge in [-0.15, -0.1) is 6.58 Å². The summed E-state index contributed by atoms with van der Waals surface area (Å²) in [6.45, 7) is 7.50. The monoisotopic (exact) mass is 394 g/mol. The Hall–Kier alpha value is -2.95. The van der Waals surface area contributed by atoms with Crippen LogP contribution >= 0.6 is 0 Å². The summed E-state index contributed by atoms with van der Waals surface area (Å²) < 4.78 is 13.8. The molecule has 1 atom stereocenters. The van der Waals surface area contributed by atoms with Crippen molar-refractivity contribution < 1.29 is 14.0 Å². The molecule has 0 aromatic heterocycles. The lowest BCUT2D eigenvalue weighted by atomic mass is 9.91. The summed E-state index contributed by atoms with van der Waals surface area (Å²) in [5.41, 5.74) is 2.67. The number of amides is 2. The highest BCUT2D eigenvalue weighted by Gasteiger charge is 2.31. The molecular weight excluding hydrogens is 367 g/mol. The van der Waals surface area contributed by atoms with Gasteiger partial charge in [-0.2, -0.15) is 0 Å². The molecule has 0 aliphatic carbocycles. The highest BCUT2D eigenvalue weighted by molar-refractivity contribution is 5.83. The van der Waals surface area contributed by atoms with E-state index in [-0.39, 0.29) is 23.5 Å². The van der Waals surface area contributed by atoms with Crippen LogP contribution in [0, 0.1) is 11.7 Å². The Labute approximate surface area is 171 Å². The first kappa shape index (κ1) is 20.8. The minimum Gasteiger partial charge on any atom is -0.340 e.